The number of hydrogen-bond acceptors (Lipinski definition) is 7. The minimum absolute atomic E-state index is 0.0419. The standard InChI is InChI=1S/C32H21N3O2S3/c36-30-26(18-21-15-17-27(37-21)40-32-33-24-12-6-7-13-25(24)39-32)38-31-34-28-22-11-5-4-8-19(22)14-16-23(28)29(35(30)31)20-9-2-1-3-10-20/h1-13,15,17-18,29H,14,16H2. The first kappa shape index (κ1) is 23.9. The van der Waals surface area contributed by atoms with Crippen LogP contribution in [0.1, 0.15) is 34.9 Å². The monoisotopic (exact) mass is 575 g/mol. The second-order valence-electron chi connectivity index (χ2n) is 9.73. The molecule has 1 unspecified atom stereocenters. The molecule has 40 heavy (non-hydrogen) atoms. The molecule has 3 aromatic heterocycles. The van der Waals surface area contributed by atoms with Crippen molar-refractivity contribution in [3.05, 3.63) is 139 Å². The fourth-order valence-corrected chi connectivity index (χ4v) is 8.48. The van der Waals surface area contributed by atoms with Gasteiger partial charge in [0, 0.05) is 11.6 Å². The molecule has 194 valence electrons. The molecule has 0 radical (unpaired) electrons. The maximum absolute atomic E-state index is 13.9. The highest BCUT2D eigenvalue weighted by Gasteiger charge is 2.32. The first-order valence-electron chi connectivity index (χ1n) is 13.0. The lowest BCUT2D eigenvalue weighted by Crippen LogP contribution is -2.38. The molecule has 0 spiro atoms. The number of allylic oxidation sites excluding steroid dienone is 1. The topological polar surface area (TPSA) is 60.4 Å². The van der Waals surface area contributed by atoms with Crippen LogP contribution in [0.2, 0.25) is 0 Å². The zero-order valence-electron chi connectivity index (χ0n) is 21.1. The lowest BCUT2D eigenvalue weighted by molar-refractivity contribution is 0.466. The molecule has 0 saturated heterocycles. The molecule has 1 aliphatic heterocycles. The third-order valence-corrected chi connectivity index (χ3v) is 10.3. The van der Waals surface area contributed by atoms with Crippen LogP contribution in [0.5, 0.6) is 0 Å². The molecule has 2 aliphatic rings. The van der Waals surface area contributed by atoms with E-state index in [0.29, 0.717) is 10.3 Å². The number of furan rings is 1. The fourth-order valence-electron chi connectivity index (χ4n) is 5.53. The van der Waals surface area contributed by atoms with E-state index >= 15 is 0 Å². The molecule has 8 heteroatoms. The Kier molecular flexibility index (Phi) is 5.72. The Morgan fingerprint density at radius 3 is 2.62 bits per heavy atom. The van der Waals surface area contributed by atoms with E-state index in [2.05, 4.69) is 42.5 Å². The van der Waals surface area contributed by atoms with Crippen molar-refractivity contribution in [2.75, 3.05) is 0 Å². The smallest absolute Gasteiger partial charge is 0.271 e. The van der Waals surface area contributed by atoms with Crippen molar-refractivity contribution in [3.63, 3.8) is 0 Å². The fraction of sp³-hybridized carbons (Fsp3) is 0.0938. The number of fused-ring (bicyclic) bond motifs is 4. The number of benzene rings is 3. The van der Waals surface area contributed by atoms with Crippen molar-refractivity contribution in [1.29, 1.82) is 0 Å². The van der Waals surface area contributed by atoms with Gasteiger partial charge in [-0.15, -0.1) is 11.3 Å². The molecule has 3 aromatic carbocycles. The largest absolute Gasteiger partial charge is 0.450 e. The van der Waals surface area contributed by atoms with Gasteiger partial charge in [0.05, 0.1) is 26.5 Å². The third kappa shape index (κ3) is 4.02. The van der Waals surface area contributed by atoms with Crippen LogP contribution in [0.4, 0.5) is 0 Å². The van der Waals surface area contributed by atoms with E-state index in [-0.39, 0.29) is 11.6 Å². The quantitative estimate of drug-likeness (QED) is 0.236. The van der Waals surface area contributed by atoms with Gasteiger partial charge in [0.2, 0.25) is 0 Å². The summed E-state index contributed by atoms with van der Waals surface area (Å²) in [5.41, 5.74) is 6.74. The summed E-state index contributed by atoms with van der Waals surface area (Å²) < 4.78 is 10.7. The van der Waals surface area contributed by atoms with Gasteiger partial charge in [0.15, 0.2) is 14.2 Å². The Hall–Kier alpha value is -3.98. The van der Waals surface area contributed by atoms with Crippen LogP contribution >= 0.6 is 34.4 Å². The number of thiazole rings is 2. The van der Waals surface area contributed by atoms with Crippen molar-refractivity contribution >= 4 is 56.4 Å². The van der Waals surface area contributed by atoms with Crippen molar-refractivity contribution in [2.45, 2.75) is 28.3 Å². The molecule has 5 nitrogen and oxygen atoms in total. The zero-order valence-corrected chi connectivity index (χ0v) is 23.6. The summed E-state index contributed by atoms with van der Waals surface area (Å²) in [4.78, 5) is 24.4. The van der Waals surface area contributed by atoms with E-state index in [1.807, 2.05) is 59.2 Å². The van der Waals surface area contributed by atoms with Gasteiger partial charge in [-0.3, -0.25) is 9.36 Å². The average molecular weight is 576 g/mol. The van der Waals surface area contributed by atoms with Gasteiger partial charge < -0.3 is 4.42 Å². The highest BCUT2D eigenvalue weighted by molar-refractivity contribution is 8.01. The second-order valence-corrected chi connectivity index (χ2v) is 13.0. The molecule has 1 atom stereocenters. The average Bonchev–Trinajstić information content (AvgIpc) is 3.69. The minimum Gasteiger partial charge on any atom is -0.450 e. The lowest BCUT2D eigenvalue weighted by atomic mass is 9.83. The highest BCUT2D eigenvalue weighted by atomic mass is 32.2. The van der Waals surface area contributed by atoms with Gasteiger partial charge in [0.25, 0.3) is 5.56 Å². The number of aromatic nitrogens is 2. The molecule has 0 fully saturated rings. The first-order valence-corrected chi connectivity index (χ1v) is 15.5. The van der Waals surface area contributed by atoms with E-state index in [9.17, 15) is 4.79 Å². The lowest BCUT2D eigenvalue weighted by Gasteiger charge is -2.30. The van der Waals surface area contributed by atoms with Gasteiger partial charge in [-0.25, -0.2) is 9.98 Å². The molecule has 6 aromatic rings. The van der Waals surface area contributed by atoms with E-state index < -0.39 is 0 Å². The summed E-state index contributed by atoms with van der Waals surface area (Å²) in [6.45, 7) is 0. The van der Waals surface area contributed by atoms with Crippen LogP contribution in [0.25, 0.3) is 22.0 Å². The summed E-state index contributed by atoms with van der Waals surface area (Å²) in [6.07, 6.45) is 3.66. The number of para-hydroxylation sites is 1. The first-order chi connectivity index (χ1) is 19.7. The highest BCUT2D eigenvalue weighted by Crippen LogP contribution is 2.41. The van der Waals surface area contributed by atoms with Crippen LogP contribution in [0.15, 0.2) is 120 Å². The van der Waals surface area contributed by atoms with E-state index in [1.165, 1.54) is 39.8 Å². The molecular formula is C32H21N3O2S3. The van der Waals surface area contributed by atoms with Crippen molar-refractivity contribution in [3.8, 4) is 0 Å². The summed E-state index contributed by atoms with van der Waals surface area (Å²) in [7, 11) is 0. The molecule has 8 rings (SSSR count). The van der Waals surface area contributed by atoms with Crippen LogP contribution in [0, 0.1) is 0 Å². The molecule has 0 amide bonds. The predicted octanol–water partition coefficient (Wildman–Crippen LogP) is 6.67. The summed E-state index contributed by atoms with van der Waals surface area (Å²) in [6, 6.07) is 30.6. The van der Waals surface area contributed by atoms with Gasteiger partial charge in [-0.05, 0) is 65.6 Å². The predicted molar refractivity (Wildman–Crippen MR) is 162 cm³/mol. The van der Waals surface area contributed by atoms with Crippen molar-refractivity contribution in [2.24, 2.45) is 4.99 Å². The second kappa shape index (κ2) is 9.59. The molecule has 1 aliphatic carbocycles. The maximum atomic E-state index is 13.9. The number of nitrogens with zero attached hydrogens (tertiary/aromatic N) is 3. The van der Waals surface area contributed by atoms with E-state index in [0.717, 1.165) is 48.6 Å². The van der Waals surface area contributed by atoms with Gasteiger partial charge >= 0.3 is 0 Å². The van der Waals surface area contributed by atoms with E-state index in [4.69, 9.17) is 14.4 Å². The van der Waals surface area contributed by atoms with Gasteiger partial charge in [0.1, 0.15) is 5.76 Å². The zero-order chi connectivity index (χ0) is 26.6. The van der Waals surface area contributed by atoms with Crippen LogP contribution in [-0.4, -0.2) is 9.55 Å². The molecule has 0 saturated carbocycles. The molecule has 4 heterocycles. The Balaban J connectivity index is 1.22. The number of rotatable bonds is 4. The Morgan fingerprint density at radius 1 is 0.900 bits per heavy atom. The normalized spacial score (nSPS) is 16.5. The Morgan fingerprint density at radius 2 is 1.73 bits per heavy atom. The summed E-state index contributed by atoms with van der Waals surface area (Å²) in [5, 5.41) is 0.743. The molecule has 0 N–H and O–H groups in total. The maximum Gasteiger partial charge on any atom is 0.271 e. The van der Waals surface area contributed by atoms with Crippen molar-refractivity contribution < 1.29 is 4.42 Å². The summed E-state index contributed by atoms with van der Waals surface area (Å²) >= 11 is 4.56. The molecular weight excluding hydrogens is 555 g/mol. The molecule has 0 bridgehead atoms. The van der Waals surface area contributed by atoms with Gasteiger partial charge in [-0.2, -0.15) is 0 Å². The number of aryl methyl sites for hydroxylation is 1. The SMILES string of the molecule is O=c1c(=Cc2ccc(Sc3nc4ccccc4s3)o2)sc2n1C(c1ccccc1)C1=C(N=2)c2ccccc2CC1. The van der Waals surface area contributed by atoms with Crippen LogP contribution in [0.3, 0.4) is 0 Å². The minimum atomic E-state index is -0.176. The van der Waals surface area contributed by atoms with E-state index in [1.54, 1.807) is 11.3 Å². The van der Waals surface area contributed by atoms with Gasteiger partial charge in [-0.1, -0.05) is 78.1 Å². The Bertz CT molecular complexity index is 2100. The van der Waals surface area contributed by atoms with Crippen molar-refractivity contribution in [1.82, 2.24) is 9.55 Å². The summed E-state index contributed by atoms with van der Waals surface area (Å²) in [5.74, 6) is 0.638. The Labute approximate surface area is 241 Å². The van der Waals surface area contributed by atoms with Crippen LogP contribution in [-0.2, 0) is 6.42 Å². The third-order valence-electron chi connectivity index (χ3n) is 7.33. The number of hydrogen-bond donors (Lipinski definition) is 0. The van der Waals surface area contributed by atoms with Crippen LogP contribution < -0.4 is 14.9 Å².